The van der Waals surface area contributed by atoms with Gasteiger partial charge in [-0.15, -0.1) is 0 Å². The summed E-state index contributed by atoms with van der Waals surface area (Å²) in [6, 6.07) is 8.74. The molecule has 4 rings (SSSR count). The first-order valence-corrected chi connectivity index (χ1v) is 28.9. The molecule has 80 heavy (non-hydrogen) atoms. The molecule has 5 N–H and O–H groups in total. The number of benzene rings is 2. The van der Waals surface area contributed by atoms with E-state index in [1.165, 1.54) is 32.4 Å². The molecule has 2 aliphatic heterocycles. The molecule has 0 saturated carbocycles. The lowest BCUT2D eigenvalue weighted by Crippen LogP contribution is -2.59. The summed E-state index contributed by atoms with van der Waals surface area (Å²) in [5, 5.41) is 12.9. The summed E-state index contributed by atoms with van der Waals surface area (Å²) in [7, 11) is 3.31. The summed E-state index contributed by atoms with van der Waals surface area (Å²) in [5.74, 6) is -4.72. The van der Waals surface area contributed by atoms with Crippen molar-refractivity contribution in [2.75, 3.05) is 53.8 Å². The van der Waals surface area contributed by atoms with E-state index in [9.17, 15) is 51.3 Å². The van der Waals surface area contributed by atoms with Crippen molar-refractivity contribution in [3.05, 3.63) is 71.8 Å². The van der Waals surface area contributed by atoms with Crippen molar-refractivity contribution in [1.82, 2.24) is 35.7 Å². The summed E-state index contributed by atoms with van der Waals surface area (Å²) in [5.41, 5.74) is 2.54. The van der Waals surface area contributed by atoms with Crippen LogP contribution in [-0.4, -0.2) is 176 Å². The zero-order valence-corrected chi connectivity index (χ0v) is 49.5. The number of hydrazone groups is 1. The molecular weight excluding hydrogens is 1050 g/mol. The number of hydrogen-bond acceptors (Lipinski definition) is 14. The van der Waals surface area contributed by atoms with E-state index in [2.05, 4.69) is 26.5 Å². The van der Waals surface area contributed by atoms with Crippen LogP contribution in [-0.2, 0) is 53.2 Å². The number of likely N-dealkylation sites (tertiary alicyclic amines) is 1. The number of amides is 8. The maximum atomic E-state index is 14.5. The molecule has 2 aliphatic rings. The van der Waals surface area contributed by atoms with Gasteiger partial charge in [0.15, 0.2) is 0 Å². The zero-order valence-electron chi connectivity index (χ0n) is 48.7. The van der Waals surface area contributed by atoms with Crippen LogP contribution in [0.15, 0.2) is 70.7 Å². The number of likely N-dealkylation sites (N-methyl/N-ethyl adjacent to an activating group) is 2. The molecule has 0 radical (unpaired) electrons. The van der Waals surface area contributed by atoms with Gasteiger partial charge >= 0.3 is 0 Å². The van der Waals surface area contributed by atoms with E-state index in [-0.39, 0.29) is 66.3 Å². The third-order valence-electron chi connectivity index (χ3n) is 15.0. The van der Waals surface area contributed by atoms with Crippen molar-refractivity contribution in [1.29, 1.82) is 0 Å². The first-order chi connectivity index (χ1) is 37.7. The smallest absolute Gasteiger partial charge is 0.295 e. The Bertz CT molecular complexity index is 2660. The van der Waals surface area contributed by atoms with E-state index in [4.69, 9.17) is 9.47 Å². The first-order valence-electron chi connectivity index (χ1n) is 27.5. The van der Waals surface area contributed by atoms with Crippen LogP contribution in [0.25, 0.3) is 0 Å². The second kappa shape index (κ2) is 30.4. The van der Waals surface area contributed by atoms with Gasteiger partial charge in [0.2, 0.25) is 29.5 Å². The van der Waals surface area contributed by atoms with Gasteiger partial charge in [-0.1, -0.05) is 91.6 Å². The molecule has 442 valence electrons. The van der Waals surface area contributed by atoms with Gasteiger partial charge in [0.05, 0.1) is 60.0 Å². The maximum Gasteiger partial charge on any atom is 0.295 e. The Morgan fingerprint density at radius 1 is 0.838 bits per heavy atom. The highest BCUT2D eigenvalue weighted by Gasteiger charge is 2.43. The number of carbonyl (C=O) groups excluding carboxylic acids is 8. The second-order valence-electron chi connectivity index (χ2n) is 21.7. The van der Waals surface area contributed by atoms with E-state index in [1.807, 2.05) is 60.5 Å². The number of rotatable bonds is 30. The number of hydrogen-bond donors (Lipinski definition) is 5. The molecule has 0 bridgehead atoms. The van der Waals surface area contributed by atoms with Crippen LogP contribution in [0.3, 0.4) is 0 Å². The van der Waals surface area contributed by atoms with Gasteiger partial charge in [0.1, 0.15) is 10.9 Å². The molecule has 1 saturated heterocycles. The number of nitrogens with one attached hydrogen (secondary N) is 4. The minimum atomic E-state index is -5.03. The fraction of sp³-hybridized carbons (Fsp3) is 0.596. The monoisotopic (exact) mass is 1140 g/mol. The first kappa shape index (κ1) is 66.1. The fourth-order valence-electron chi connectivity index (χ4n) is 10.6. The minimum Gasteiger partial charge on any atom is -0.379 e. The topological polar surface area (TPSA) is 283 Å². The number of imide groups is 1. The number of anilines is 1. The van der Waals surface area contributed by atoms with Gasteiger partial charge in [-0.05, 0) is 88.2 Å². The molecule has 2 aromatic rings. The predicted octanol–water partition coefficient (Wildman–Crippen LogP) is 4.64. The van der Waals surface area contributed by atoms with Gasteiger partial charge in [-0.2, -0.15) is 13.5 Å². The van der Waals surface area contributed by atoms with Gasteiger partial charge in [0, 0.05) is 58.6 Å². The van der Waals surface area contributed by atoms with Crippen LogP contribution in [0.2, 0.25) is 0 Å². The predicted molar refractivity (Wildman–Crippen MR) is 302 cm³/mol. The average Bonchev–Trinajstić information content (AvgIpc) is 4.02. The molecule has 0 spiro atoms. The minimum absolute atomic E-state index is 0.00694. The standard InChI is InChI=1S/C57H85N9O13S/c1-14-36(6)52(64(11)57(74)49(34(2)3)60-56(73)51(35(4)5)63(9)10)43(78-12)33-48(70)65-31-21-24-42(65)53(79-13)37(7)54(71)58-38(8)50(39-22-17-15-18-23-39)61-62-55(72)41-27-26-40(32-44(41)80(75,76)77)59-45(67)25-19-16-20-30-66-46(68)28-29-47(66)69/h15,17-18,22-23,26-29,32,34-38,42-43,49,51-53H,14,16,19-21,24-25,30-31,33H2,1-13H3,(H,58,71)(H,59,67)(H,60,73)(H,62,72)(H,75,76,77)/t36?,37?,38?,42-,43?,49?,51?,52?,53?/m0/s1. The van der Waals surface area contributed by atoms with Crippen molar-refractivity contribution in [2.24, 2.45) is 28.8 Å². The average molecular weight is 1140 g/mol. The molecule has 2 aromatic carbocycles. The van der Waals surface area contributed by atoms with Crippen molar-refractivity contribution >= 4 is 68.8 Å². The Balaban J connectivity index is 1.47. The Hall–Kier alpha value is -6.40. The highest BCUT2D eigenvalue weighted by Crippen LogP contribution is 2.30. The third-order valence-corrected chi connectivity index (χ3v) is 15.9. The Kier molecular flexibility index (Phi) is 25.1. The molecule has 22 nitrogen and oxygen atoms in total. The van der Waals surface area contributed by atoms with E-state index in [0.717, 1.165) is 17.0 Å². The maximum absolute atomic E-state index is 14.5. The van der Waals surface area contributed by atoms with Crippen LogP contribution < -0.4 is 21.4 Å². The van der Waals surface area contributed by atoms with Crippen molar-refractivity contribution in [3.63, 3.8) is 0 Å². The summed E-state index contributed by atoms with van der Waals surface area (Å²) in [6.45, 7) is 15.6. The van der Waals surface area contributed by atoms with Crippen molar-refractivity contribution in [2.45, 2.75) is 154 Å². The van der Waals surface area contributed by atoms with Crippen LogP contribution in [0.4, 0.5) is 5.69 Å². The SMILES string of the molecule is CCC(C)C(C(CC(=O)N1CCC[C@H]1C(OC)C(C)C(=O)NC(C)C(=NNC(=O)c1ccc(NC(=O)CCCCCN2C(=O)C=CC2=O)cc1S(=O)(=O)O)c1ccccc1)OC)N(C)C(=O)C(NC(=O)C(C(C)C)N(C)C)C(C)C. The van der Waals surface area contributed by atoms with Gasteiger partial charge < -0.3 is 35.2 Å². The van der Waals surface area contributed by atoms with E-state index >= 15 is 0 Å². The summed E-state index contributed by atoms with van der Waals surface area (Å²) >= 11 is 0. The molecule has 1 fully saturated rings. The summed E-state index contributed by atoms with van der Waals surface area (Å²) in [6.07, 6.45) is 4.08. The number of unbranched alkanes of at least 4 members (excludes halogenated alkanes) is 2. The highest BCUT2D eigenvalue weighted by atomic mass is 32.2. The lowest BCUT2D eigenvalue weighted by atomic mass is 9.89. The lowest BCUT2D eigenvalue weighted by Gasteiger charge is -2.41. The number of ether oxygens (including phenoxy) is 2. The molecule has 2 heterocycles. The lowest BCUT2D eigenvalue weighted by molar-refractivity contribution is -0.148. The normalized spacial score (nSPS) is 17.9. The molecular formula is C57H85N9O13S. The van der Waals surface area contributed by atoms with Gasteiger partial charge in [-0.3, -0.25) is 52.7 Å². The van der Waals surface area contributed by atoms with Gasteiger partial charge in [-0.25, -0.2) is 5.43 Å². The van der Waals surface area contributed by atoms with Crippen molar-refractivity contribution in [3.8, 4) is 0 Å². The molecule has 8 unspecified atom stereocenters. The molecule has 0 aliphatic carbocycles. The summed E-state index contributed by atoms with van der Waals surface area (Å²) in [4.78, 5) is 112. The van der Waals surface area contributed by atoms with E-state index < -0.39 is 98.4 Å². The highest BCUT2D eigenvalue weighted by molar-refractivity contribution is 7.86. The molecule has 0 aromatic heterocycles. The Morgan fingerprint density at radius 2 is 1.49 bits per heavy atom. The number of nitrogens with zero attached hydrogens (tertiary/aromatic N) is 5. The molecule has 9 atom stereocenters. The Labute approximate surface area is 471 Å². The Morgan fingerprint density at radius 3 is 2.05 bits per heavy atom. The van der Waals surface area contributed by atoms with Crippen molar-refractivity contribution < 1.29 is 60.8 Å². The number of carbonyl (C=O) groups is 8. The van der Waals surface area contributed by atoms with Crippen LogP contribution in [0, 0.1) is 23.7 Å². The van der Waals surface area contributed by atoms with E-state index in [0.29, 0.717) is 50.6 Å². The zero-order chi connectivity index (χ0) is 59.8. The quantitative estimate of drug-likeness (QED) is 0.0234. The van der Waals surface area contributed by atoms with E-state index in [1.54, 1.807) is 61.0 Å². The number of methoxy groups -OCH3 is 2. The molecule has 23 heteroatoms. The summed E-state index contributed by atoms with van der Waals surface area (Å²) < 4.78 is 47.5. The second-order valence-corrected chi connectivity index (χ2v) is 23.1. The molecule has 8 amide bonds. The fourth-order valence-corrected chi connectivity index (χ4v) is 11.3. The van der Waals surface area contributed by atoms with Crippen LogP contribution in [0.5, 0.6) is 0 Å². The van der Waals surface area contributed by atoms with Gasteiger partial charge in [0.25, 0.3) is 27.8 Å². The largest absolute Gasteiger partial charge is 0.379 e. The third kappa shape index (κ3) is 17.6. The van der Waals surface area contributed by atoms with Crippen LogP contribution >= 0.6 is 0 Å². The van der Waals surface area contributed by atoms with Crippen LogP contribution in [0.1, 0.15) is 123 Å².